The fourth-order valence-electron chi connectivity index (χ4n) is 6.70. The van der Waals surface area contributed by atoms with Crippen molar-refractivity contribution in [2.75, 3.05) is 20.3 Å². The van der Waals surface area contributed by atoms with Crippen LogP contribution in [-0.4, -0.2) is 70.2 Å². The van der Waals surface area contributed by atoms with Crippen molar-refractivity contribution >= 4 is 57.8 Å². The van der Waals surface area contributed by atoms with Crippen molar-refractivity contribution < 1.29 is 57.6 Å². The first-order valence-corrected chi connectivity index (χ1v) is 23.0. The number of phenols is 1. The highest BCUT2D eigenvalue weighted by Gasteiger charge is 2.32. The standard InChI is InChI=1S/C27H27NO6S.C25H21NO6S/c1-4-7-19(8-5-2)26(30)34-23(20-9-6-10-22(16-20)32-3)17-33-21-13-11-18(12-14-21)15-24-25(29)28-27(31)35-24;27-19-8-4-7-18(14-19)21(32-24(29)17-5-2-1-3-6-17)15-31-20-11-9-16(10-12-20)13-22-23(28)26-25(30)33-22/h4-14,16,23-24H,1,15,17H2,2-3H3,(H,28,29,31);1-12,14,21-22,27H,13,15H2,(H,26,28,30)/b8-5-,19-7+;. The number of ether oxygens (including phenoxy) is 5. The zero-order valence-electron chi connectivity index (χ0n) is 37.0. The number of carbonyl (C=O) groups excluding carboxylic acids is 6. The van der Waals surface area contributed by atoms with Crippen molar-refractivity contribution in [1.29, 1.82) is 0 Å². The molecule has 0 saturated carbocycles. The van der Waals surface area contributed by atoms with E-state index in [1.54, 1.807) is 98.1 Å². The SMILES string of the molecule is C=C/C=C(\C=C/C)C(=O)OC(COc1ccc(CC2SC(=O)NC2=O)cc1)c1cccc(OC)c1.O=C1NC(=O)C(Cc2ccc(OCC(OC(=O)c3ccccc3)c3cccc(O)c3)cc2)S1. The van der Waals surface area contributed by atoms with Gasteiger partial charge in [-0.1, -0.05) is 115 Å². The van der Waals surface area contributed by atoms with E-state index in [1.165, 1.54) is 18.2 Å². The maximum absolute atomic E-state index is 12.8. The Hall–Kier alpha value is -7.56. The first-order chi connectivity index (χ1) is 32.9. The minimum atomic E-state index is -0.742. The second-order valence-corrected chi connectivity index (χ2v) is 17.3. The van der Waals surface area contributed by atoms with Crippen LogP contribution in [0.4, 0.5) is 9.59 Å². The van der Waals surface area contributed by atoms with Crippen LogP contribution in [-0.2, 0) is 36.7 Å². The van der Waals surface area contributed by atoms with E-state index in [4.69, 9.17) is 23.7 Å². The van der Waals surface area contributed by atoms with Gasteiger partial charge in [0.15, 0.2) is 12.2 Å². The average Bonchev–Trinajstić information content (AvgIpc) is 3.85. The van der Waals surface area contributed by atoms with Gasteiger partial charge in [-0.2, -0.15) is 0 Å². The molecule has 0 aromatic heterocycles. The summed E-state index contributed by atoms with van der Waals surface area (Å²) >= 11 is 1.99. The molecule has 2 heterocycles. The molecule has 0 radical (unpaired) electrons. The number of amides is 4. The quantitative estimate of drug-likeness (QED) is 0.0403. The smallest absolute Gasteiger partial charge is 0.338 e. The molecular formula is C52H48N2O12S2. The third kappa shape index (κ3) is 14.7. The number of benzene rings is 5. The van der Waals surface area contributed by atoms with Crippen molar-refractivity contribution in [2.24, 2.45) is 0 Å². The summed E-state index contributed by atoms with van der Waals surface area (Å²) in [6.45, 7) is 5.57. The van der Waals surface area contributed by atoms with Gasteiger partial charge in [-0.25, -0.2) is 9.59 Å². The minimum Gasteiger partial charge on any atom is -0.508 e. The molecule has 3 N–H and O–H groups in total. The number of carbonyl (C=O) groups is 6. The molecule has 0 spiro atoms. The van der Waals surface area contributed by atoms with Gasteiger partial charge in [-0.05, 0) is 109 Å². The maximum atomic E-state index is 12.8. The number of imide groups is 2. The molecule has 2 fully saturated rings. The van der Waals surface area contributed by atoms with Gasteiger partial charge in [-0.3, -0.25) is 29.8 Å². The molecule has 14 nitrogen and oxygen atoms in total. The van der Waals surface area contributed by atoms with Crippen molar-refractivity contribution in [3.63, 3.8) is 0 Å². The molecular weight excluding hydrogens is 909 g/mol. The number of aromatic hydroxyl groups is 1. The molecule has 4 amide bonds. The Bertz CT molecular complexity index is 2650. The summed E-state index contributed by atoms with van der Waals surface area (Å²) in [7, 11) is 1.57. The predicted molar refractivity (Wildman–Crippen MR) is 259 cm³/mol. The van der Waals surface area contributed by atoms with Crippen LogP contribution in [0.5, 0.6) is 23.0 Å². The van der Waals surface area contributed by atoms with Gasteiger partial charge in [0.25, 0.3) is 10.5 Å². The number of thioether (sulfide) groups is 2. The van der Waals surface area contributed by atoms with Crippen molar-refractivity contribution in [3.05, 3.63) is 192 Å². The third-order valence-electron chi connectivity index (χ3n) is 10.1. The van der Waals surface area contributed by atoms with Gasteiger partial charge in [0.1, 0.15) is 36.2 Å². The van der Waals surface area contributed by atoms with Crippen molar-refractivity contribution in [1.82, 2.24) is 10.6 Å². The van der Waals surface area contributed by atoms with Gasteiger partial charge in [0.05, 0.1) is 28.7 Å². The van der Waals surface area contributed by atoms with E-state index < -0.39 is 34.6 Å². The van der Waals surface area contributed by atoms with Gasteiger partial charge in [-0.15, -0.1) is 0 Å². The lowest BCUT2D eigenvalue weighted by atomic mass is 10.1. The summed E-state index contributed by atoms with van der Waals surface area (Å²) in [5.41, 5.74) is 3.91. The topological polar surface area (TPSA) is 193 Å². The fourth-order valence-corrected chi connectivity index (χ4v) is 8.42. The zero-order valence-corrected chi connectivity index (χ0v) is 38.7. The van der Waals surface area contributed by atoms with Crippen LogP contribution in [0, 0.1) is 0 Å². The van der Waals surface area contributed by atoms with E-state index in [0.717, 1.165) is 40.2 Å². The number of methoxy groups -OCH3 is 1. The molecule has 2 aliphatic rings. The lowest BCUT2D eigenvalue weighted by Gasteiger charge is -2.20. The molecule has 16 heteroatoms. The van der Waals surface area contributed by atoms with Crippen molar-refractivity contribution in [3.8, 4) is 23.0 Å². The summed E-state index contributed by atoms with van der Waals surface area (Å²) in [6.07, 6.45) is 5.95. The number of hydrogen-bond donors (Lipinski definition) is 3. The predicted octanol–water partition coefficient (Wildman–Crippen LogP) is 9.20. The van der Waals surface area contributed by atoms with E-state index in [2.05, 4.69) is 17.2 Å². The van der Waals surface area contributed by atoms with Gasteiger partial charge >= 0.3 is 11.9 Å². The molecule has 5 aromatic carbocycles. The Kier molecular flexibility index (Phi) is 18.2. The van der Waals surface area contributed by atoms with E-state index in [-0.39, 0.29) is 41.3 Å². The molecule has 0 aliphatic carbocycles. The molecule has 2 aliphatic heterocycles. The Labute approximate surface area is 401 Å². The first kappa shape index (κ1) is 49.9. The molecule has 7 rings (SSSR count). The summed E-state index contributed by atoms with van der Waals surface area (Å²) in [6, 6.07) is 36.8. The summed E-state index contributed by atoms with van der Waals surface area (Å²) in [5.74, 6) is 0.277. The molecule has 4 atom stereocenters. The van der Waals surface area contributed by atoms with Crippen LogP contribution in [0.25, 0.3) is 0 Å². The monoisotopic (exact) mass is 956 g/mol. The van der Waals surface area contributed by atoms with E-state index in [9.17, 15) is 33.9 Å². The third-order valence-corrected chi connectivity index (χ3v) is 12.1. The molecule has 2 saturated heterocycles. The first-order valence-electron chi connectivity index (χ1n) is 21.2. The Morgan fingerprint density at radius 3 is 1.69 bits per heavy atom. The van der Waals surface area contributed by atoms with Gasteiger partial charge < -0.3 is 28.8 Å². The molecule has 5 aromatic rings. The summed E-state index contributed by atoms with van der Waals surface area (Å²) < 4.78 is 28.6. The maximum Gasteiger partial charge on any atom is 0.338 e. The van der Waals surface area contributed by atoms with Gasteiger partial charge in [0.2, 0.25) is 11.8 Å². The normalized spacial score (nSPS) is 16.4. The minimum absolute atomic E-state index is 0.0385. The number of rotatable bonds is 19. The molecule has 68 heavy (non-hydrogen) atoms. The molecule has 350 valence electrons. The van der Waals surface area contributed by atoms with Crippen LogP contribution in [0.1, 0.15) is 51.7 Å². The van der Waals surface area contributed by atoms with Crippen LogP contribution < -0.4 is 24.8 Å². The number of phenolic OH excluding ortho intramolecular Hbond substituents is 1. The summed E-state index contributed by atoms with van der Waals surface area (Å²) in [5, 5.41) is 12.9. The van der Waals surface area contributed by atoms with Crippen LogP contribution >= 0.6 is 23.5 Å². The Morgan fingerprint density at radius 2 is 1.21 bits per heavy atom. The lowest BCUT2D eigenvalue weighted by molar-refractivity contribution is -0.145. The highest BCUT2D eigenvalue weighted by molar-refractivity contribution is 8.15. The van der Waals surface area contributed by atoms with Crippen LogP contribution in [0.3, 0.4) is 0 Å². The Morgan fingerprint density at radius 1 is 0.676 bits per heavy atom. The molecule has 4 unspecified atom stereocenters. The highest BCUT2D eigenvalue weighted by atomic mass is 32.2. The number of allylic oxidation sites excluding steroid dienone is 3. The second kappa shape index (κ2) is 24.8. The van der Waals surface area contributed by atoms with Gasteiger partial charge in [0, 0.05) is 0 Å². The van der Waals surface area contributed by atoms with E-state index in [1.807, 2.05) is 49.4 Å². The van der Waals surface area contributed by atoms with Crippen LogP contribution in [0.15, 0.2) is 164 Å². The number of esters is 2. The van der Waals surface area contributed by atoms with E-state index >= 15 is 0 Å². The second-order valence-electron chi connectivity index (χ2n) is 15.0. The highest BCUT2D eigenvalue weighted by Crippen LogP contribution is 2.29. The van der Waals surface area contributed by atoms with E-state index in [0.29, 0.717) is 46.8 Å². The fraction of sp³-hybridized carbons (Fsp3) is 0.192. The zero-order chi connectivity index (χ0) is 48.4. The largest absolute Gasteiger partial charge is 0.508 e. The van der Waals surface area contributed by atoms with Crippen molar-refractivity contribution in [2.45, 2.75) is 42.5 Å². The average molecular weight is 957 g/mol. The number of hydrogen-bond acceptors (Lipinski definition) is 14. The lowest BCUT2D eigenvalue weighted by Crippen LogP contribution is -2.25. The summed E-state index contributed by atoms with van der Waals surface area (Å²) in [4.78, 5) is 71.6. The number of nitrogens with one attached hydrogen (secondary N) is 2. The Balaban J connectivity index is 0.000000224. The van der Waals surface area contributed by atoms with Crippen LogP contribution in [0.2, 0.25) is 0 Å². The molecule has 0 bridgehead atoms.